The second-order valence-corrected chi connectivity index (χ2v) is 4.67. The van der Waals surface area contributed by atoms with Crippen LogP contribution >= 0.6 is 23.2 Å². The van der Waals surface area contributed by atoms with Gasteiger partial charge < -0.3 is 4.90 Å². The van der Waals surface area contributed by atoms with Crippen molar-refractivity contribution in [2.45, 2.75) is 20.3 Å². The second kappa shape index (κ2) is 6.87. The normalized spacial score (nSPS) is 10.4. The van der Waals surface area contributed by atoms with Gasteiger partial charge in [0.1, 0.15) is 0 Å². The van der Waals surface area contributed by atoms with Gasteiger partial charge in [-0.3, -0.25) is 4.79 Å². The lowest BCUT2D eigenvalue weighted by atomic mass is 10.1. The maximum atomic E-state index is 12.3. The lowest BCUT2D eigenvalue weighted by Gasteiger charge is -2.21. The standard InChI is InChI=1S/C13H17Cl2NO/c1-3-8-16(9-7-14)13(17)11-6-4-5-10(2)12(11)15/h4-6H,3,7-9H2,1-2H3. The first-order valence-corrected chi connectivity index (χ1v) is 6.63. The van der Waals surface area contributed by atoms with E-state index < -0.39 is 0 Å². The summed E-state index contributed by atoms with van der Waals surface area (Å²) in [6.07, 6.45) is 0.909. The molecule has 0 fully saturated rings. The van der Waals surface area contributed by atoms with Gasteiger partial charge in [-0.1, -0.05) is 30.7 Å². The van der Waals surface area contributed by atoms with Crippen LogP contribution in [-0.4, -0.2) is 29.8 Å². The van der Waals surface area contributed by atoms with E-state index in [1.165, 1.54) is 0 Å². The molecule has 0 saturated heterocycles. The summed E-state index contributed by atoms with van der Waals surface area (Å²) in [5, 5.41) is 0.535. The number of rotatable bonds is 5. The molecule has 1 amide bonds. The van der Waals surface area contributed by atoms with E-state index in [0.29, 0.717) is 29.6 Å². The number of amides is 1. The molecule has 0 spiro atoms. The van der Waals surface area contributed by atoms with E-state index in [0.717, 1.165) is 12.0 Å². The summed E-state index contributed by atoms with van der Waals surface area (Å²) in [4.78, 5) is 14.0. The predicted molar refractivity (Wildman–Crippen MR) is 73.1 cm³/mol. The molecule has 17 heavy (non-hydrogen) atoms. The summed E-state index contributed by atoms with van der Waals surface area (Å²) in [7, 11) is 0. The van der Waals surface area contributed by atoms with Crippen LogP contribution in [-0.2, 0) is 0 Å². The zero-order chi connectivity index (χ0) is 12.8. The molecule has 0 aliphatic rings. The van der Waals surface area contributed by atoms with Crippen molar-refractivity contribution >= 4 is 29.1 Å². The minimum absolute atomic E-state index is 0.0406. The van der Waals surface area contributed by atoms with E-state index >= 15 is 0 Å². The van der Waals surface area contributed by atoms with Crippen molar-refractivity contribution in [2.75, 3.05) is 19.0 Å². The molecule has 0 aromatic heterocycles. The average Bonchev–Trinajstić information content (AvgIpc) is 2.31. The van der Waals surface area contributed by atoms with Gasteiger partial charge in [0.25, 0.3) is 5.91 Å². The molecule has 0 aliphatic carbocycles. The Labute approximate surface area is 113 Å². The number of alkyl halides is 1. The number of nitrogens with zero attached hydrogens (tertiary/aromatic N) is 1. The van der Waals surface area contributed by atoms with Gasteiger partial charge in [-0.05, 0) is 25.0 Å². The minimum atomic E-state index is -0.0406. The van der Waals surface area contributed by atoms with Crippen LogP contribution in [0.25, 0.3) is 0 Å². The van der Waals surface area contributed by atoms with Crippen molar-refractivity contribution in [1.82, 2.24) is 4.90 Å². The van der Waals surface area contributed by atoms with Gasteiger partial charge in [0.2, 0.25) is 0 Å². The number of hydrogen-bond acceptors (Lipinski definition) is 1. The Morgan fingerprint density at radius 2 is 2.06 bits per heavy atom. The van der Waals surface area contributed by atoms with Crippen LogP contribution in [0.1, 0.15) is 29.3 Å². The molecule has 0 atom stereocenters. The fraction of sp³-hybridized carbons (Fsp3) is 0.462. The van der Waals surface area contributed by atoms with Crippen molar-refractivity contribution in [3.05, 3.63) is 34.3 Å². The maximum Gasteiger partial charge on any atom is 0.255 e. The average molecular weight is 274 g/mol. The first kappa shape index (κ1) is 14.3. The Morgan fingerprint density at radius 1 is 1.35 bits per heavy atom. The van der Waals surface area contributed by atoms with Crippen molar-refractivity contribution < 1.29 is 4.79 Å². The fourth-order valence-electron chi connectivity index (χ4n) is 1.67. The highest BCUT2D eigenvalue weighted by Gasteiger charge is 2.17. The number of benzene rings is 1. The highest BCUT2D eigenvalue weighted by molar-refractivity contribution is 6.34. The molecule has 0 unspecified atom stereocenters. The van der Waals surface area contributed by atoms with Crippen LogP contribution in [0.5, 0.6) is 0 Å². The van der Waals surface area contributed by atoms with E-state index in [9.17, 15) is 4.79 Å². The monoisotopic (exact) mass is 273 g/mol. The molecule has 0 heterocycles. The number of carbonyl (C=O) groups is 1. The maximum absolute atomic E-state index is 12.3. The Balaban J connectivity index is 2.96. The van der Waals surface area contributed by atoms with Crippen LogP contribution in [0.2, 0.25) is 5.02 Å². The quantitative estimate of drug-likeness (QED) is 0.749. The van der Waals surface area contributed by atoms with Crippen molar-refractivity contribution in [2.24, 2.45) is 0 Å². The topological polar surface area (TPSA) is 20.3 Å². The summed E-state index contributed by atoms with van der Waals surface area (Å²) >= 11 is 11.9. The van der Waals surface area contributed by atoms with E-state index in [4.69, 9.17) is 23.2 Å². The summed E-state index contributed by atoms with van der Waals surface area (Å²) < 4.78 is 0. The second-order valence-electron chi connectivity index (χ2n) is 3.92. The molecule has 4 heteroatoms. The van der Waals surface area contributed by atoms with Crippen LogP contribution in [0.3, 0.4) is 0 Å². The summed E-state index contributed by atoms with van der Waals surface area (Å²) in [5.41, 5.74) is 1.48. The Morgan fingerprint density at radius 3 is 2.65 bits per heavy atom. The summed E-state index contributed by atoms with van der Waals surface area (Å²) in [6.45, 7) is 5.19. The zero-order valence-electron chi connectivity index (χ0n) is 10.2. The van der Waals surface area contributed by atoms with Gasteiger partial charge in [-0.25, -0.2) is 0 Å². The van der Waals surface area contributed by atoms with Crippen molar-refractivity contribution in [3.63, 3.8) is 0 Å². The van der Waals surface area contributed by atoms with E-state index in [2.05, 4.69) is 0 Å². The molecule has 0 N–H and O–H groups in total. The molecule has 1 aromatic rings. The molecule has 1 aromatic carbocycles. The number of aryl methyl sites for hydroxylation is 1. The smallest absolute Gasteiger partial charge is 0.255 e. The van der Waals surface area contributed by atoms with E-state index in [1.54, 1.807) is 11.0 Å². The molecule has 0 saturated carbocycles. The van der Waals surface area contributed by atoms with Gasteiger partial charge >= 0.3 is 0 Å². The van der Waals surface area contributed by atoms with Crippen LogP contribution < -0.4 is 0 Å². The molecule has 2 nitrogen and oxygen atoms in total. The first-order chi connectivity index (χ1) is 8.11. The number of carbonyl (C=O) groups excluding carboxylic acids is 1. The van der Waals surface area contributed by atoms with Crippen molar-refractivity contribution in [1.29, 1.82) is 0 Å². The Bertz CT molecular complexity index is 387. The van der Waals surface area contributed by atoms with E-state index in [-0.39, 0.29) is 5.91 Å². The molecule has 94 valence electrons. The third kappa shape index (κ3) is 3.62. The Kier molecular flexibility index (Phi) is 5.79. The SMILES string of the molecule is CCCN(CCCl)C(=O)c1cccc(C)c1Cl. The first-order valence-electron chi connectivity index (χ1n) is 5.72. The molecule has 1 rings (SSSR count). The zero-order valence-corrected chi connectivity index (χ0v) is 11.7. The van der Waals surface area contributed by atoms with Crippen LogP contribution in [0.15, 0.2) is 18.2 Å². The highest BCUT2D eigenvalue weighted by atomic mass is 35.5. The van der Waals surface area contributed by atoms with Crippen LogP contribution in [0, 0.1) is 6.92 Å². The van der Waals surface area contributed by atoms with Gasteiger partial charge in [0.15, 0.2) is 0 Å². The number of hydrogen-bond donors (Lipinski definition) is 0. The van der Waals surface area contributed by atoms with E-state index in [1.807, 2.05) is 26.0 Å². The third-order valence-corrected chi connectivity index (χ3v) is 3.23. The summed E-state index contributed by atoms with van der Waals surface area (Å²) in [5.74, 6) is 0.399. The molecular formula is C13H17Cl2NO. The lowest BCUT2D eigenvalue weighted by molar-refractivity contribution is 0.0765. The third-order valence-electron chi connectivity index (χ3n) is 2.56. The molecule has 0 aliphatic heterocycles. The minimum Gasteiger partial charge on any atom is -0.337 e. The fourth-order valence-corrected chi connectivity index (χ4v) is 2.08. The summed E-state index contributed by atoms with van der Waals surface area (Å²) in [6, 6.07) is 5.50. The van der Waals surface area contributed by atoms with Gasteiger partial charge in [-0.15, -0.1) is 11.6 Å². The largest absolute Gasteiger partial charge is 0.337 e. The predicted octanol–water partition coefficient (Wildman–Crippen LogP) is 3.74. The number of halogens is 2. The molecular weight excluding hydrogens is 257 g/mol. The highest BCUT2D eigenvalue weighted by Crippen LogP contribution is 2.21. The molecule has 0 radical (unpaired) electrons. The van der Waals surface area contributed by atoms with Gasteiger partial charge in [0.05, 0.1) is 10.6 Å². The Hall–Kier alpha value is -0.730. The van der Waals surface area contributed by atoms with Gasteiger partial charge in [-0.2, -0.15) is 0 Å². The van der Waals surface area contributed by atoms with Gasteiger partial charge in [0, 0.05) is 19.0 Å². The van der Waals surface area contributed by atoms with Crippen molar-refractivity contribution in [3.8, 4) is 0 Å². The lowest BCUT2D eigenvalue weighted by Crippen LogP contribution is -2.33. The molecule has 0 bridgehead atoms. The van der Waals surface area contributed by atoms with Crippen LogP contribution in [0.4, 0.5) is 0 Å².